The van der Waals surface area contributed by atoms with Crippen LogP contribution in [0.3, 0.4) is 0 Å². The first-order valence-electron chi connectivity index (χ1n) is 11.9. The molecule has 0 radical (unpaired) electrons. The number of esters is 1. The first kappa shape index (κ1) is 32.3. The number of phenols is 1. The van der Waals surface area contributed by atoms with Gasteiger partial charge in [-0.05, 0) is 19.1 Å². The molecular formula is C27H31AsN2O10. The summed E-state index contributed by atoms with van der Waals surface area (Å²) in [6.45, 7) is 3.27. The fourth-order valence-electron chi connectivity index (χ4n) is 3.22. The molecule has 0 aliphatic carbocycles. The van der Waals surface area contributed by atoms with Crippen LogP contribution in [-0.2, 0) is 33.3 Å². The van der Waals surface area contributed by atoms with Gasteiger partial charge in [0.2, 0.25) is 0 Å². The number of anilines is 2. The largest absolute Gasteiger partial charge is 0.462 e. The van der Waals surface area contributed by atoms with Crippen LogP contribution >= 0.6 is 0 Å². The van der Waals surface area contributed by atoms with Crippen molar-refractivity contribution in [3.8, 4) is 5.75 Å². The molecule has 3 rings (SSSR count). The number of phenolic OH excluding ortho intramolecular Hbond substituents is 1. The van der Waals surface area contributed by atoms with Crippen LogP contribution in [0.25, 0.3) is 0 Å². The Kier molecular flexibility index (Phi) is 12.6. The van der Waals surface area contributed by atoms with E-state index in [1.54, 1.807) is 31.2 Å². The van der Waals surface area contributed by atoms with Crippen molar-refractivity contribution < 1.29 is 45.9 Å². The van der Waals surface area contributed by atoms with Gasteiger partial charge in [-0.25, -0.2) is 4.79 Å². The Hall–Kier alpha value is -3.93. The third kappa shape index (κ3) is 9.99. The minimum Gasteiger partial charge on any atom is -0.462 e. The average molecular weight is 618 g/mol. The monoisotopic (exact) mass is 618 g/mol. The van der Waals surface area contributed by atoms with Gasteiger partial charge in [0.25, 0.3) is 0 Å². The Balaban J connectivity index is 0.000000425. The van der Waals surface area contributed by atoms with Gasteiger partial charge in [-0.1, -0.05) is 18.2 Å². The molecule has 0 aliphatic rings. The number of nitrogens with one attached hydrogen (secondary N) is 1. The Labute approximate surface area is 234 Å². The Morgan fingerprint density at radius 2 is 1.65 bits per heavy atom. The predicted molar refractivity (Wildman–Crippen MR) is 146 cm³/mol. The van der Waals surface area contributed by atoms with Crippen molar-refractivity contribution in [2.45, 2.75) is 20.5 Å². The molecule has 1 unspecified atom stereocenters. The summed E-state index contributed by atoms with van der Waals surface area (Å²) in [6, 6.07) is 19.1. The molecule has 4 N–H and O–H groups in total. The average Bonchev–Trinajstić information content (AvgIpc) is 2.94. The molecule has 40 heavy (non-hydrogen) atoms. The van der Waals surface area contributed by atoms with Crippen molar-refractivity contribution in [1.82, 2.24) is 0 Å². The first-order valence-corrected chi connectivity index (χ1v) is 15.2. The van der Waals surface area contributed by atoms with Gasteiger partial charge in [-0.15, -0.1) is 0 Å². The van der Waals surface area contributed by atoms with Crippen LogP contribution in [0.5, 0.6) is 5.75 Å². The molecule has 0 aromatic heterocycles. The van der Waals surface area contributed by atoms with E-state index in [9.17, 15) is 27.3 Å². The fourth-order valence-corrected chi connectivity index (χ4v) is 5.02. The van der Waals surface area contributed by atoms with E-state index in [-0.39, 0.29) is 46.6 Å². The van der Waals surface area contributed by atoms with E-state index >= 15 is 0 Å². The number of carbonyl (C=O) groups excluding carboxylic acids is 3. The van der Waals surface area contributed by atoms with E-state index in [1.807, 2.05) is 18.2 Å². The van der Waals surface area contributed by atoms with Crippen LogP contribution in [0.4, 0.5) is 11.4 Å². The van der Waals surface area contributed by atoms with E-state index in [0.717, 1.165) is 10.5 Å². The number of aromatic hydroxyl groups is 1. The molecule has 3 aromatic rings. The van der Waals surface area contributed by atoms with E-state index in [4.69, 9.17) is 14.7 Å². The minimum atomic E-state index is -5.30. The summed E-state index contributed by atoms with van der Waals surface area (Å²) in [4.78, 5) is 35.9. The predicted octanol–water partition coefficient (Wildman–Crippen LogP) is 2.45. The summed E-state index contributed by atoms with van der Waals surface area (Å²) in [5, 5.41) is 20.6. The molecule has 3 aromatic carbocycles. The number of nitrogens with zero attached hydrogens (tertiary/aromatic N) is 1. The molecule has 0 heterocycles. The second kappa shape index (κ2) is 15.6. The summed E-state index contributed by atoms with van der Waals surface area (Å²) < 4.78 is 35.7. The number of amides is 2. The molecule has 0 fully saturated rings. The topological polar surface area (TPSA) is 172 Å². The third-order valence-electron chi connectivity index (χ3n) is 5.16. The molecule has 0 spiro atoms. The maximum Gasteiger partial charge on any atom is 0.338 e. The Morgan fingerprint density at radius 1 is 1.00 bits per heavy atom. The summed E-state index contributed by atoms with van der Waals surface area (Å²) in [6.07, 6.45) is 0. The zero-order valence-electron chi connectivity index (χ0n) is 22.1. The van der Waals surface area contributed by atoms with E-state index < -0.39 is 20.1 Å². The Bertz CT molecular complexity index is 1330. The second-order valence-corrected chi connectivity index (χ2v) is 11.7. The molecule has 0 aliphatic heterocycles. The molecule has 214 valence electrons. The first-order chi connectivity index (χ1) is 19.0. The van der Waals surface area contributed by atoms with Crippen molar-refractivity contribution in [2.24, 2.45) is 0 Å². The number of hydrogen-bond acceptors (Lipinski definition) is 9. The van der Waals surface area contributed by atoms with Gasteiger partial charge in [0, 0.05) is 0 Å². The quantitative estimate of drug-likeness (QED) is 0.115. The maximum atomic E-state index is 12.5. The molecule has 13 heteroatoms. The van der Waals surface area contributed by atoms with Crippen LogP contribution in [0.15, 0.2) is 72.8 Å². The van der Waals surface area contributed by atoms with E-state index in [0.29, 0.717) is 12.2 Å². The van der Waals surface area contributed by atoms with Crippen LogP contribution in [0.2, 0.25) is 0 Å². The van der Waals surface area contributed by atoms with Gasteiger partial charge in [0.05, 0.1) is 12.2 Å². The van der Waals surface area contributed by atoms with Gasteiger partial charge >= 0.3 is 175 Å². The van der Waals surface area contributed by atoms with Gasteiger partial charge in [-0.3, -0.25) is 0 Å². The standard InChI is InChI=1S/C18H21AsN2O8.C9H10O2/c1-12(22)20-14-5-8-16(19(25,26)29-27)17(9-14)21(2)18(24)11-28-10-13-3-6-15(23)7-4-13;1-2-11-9(10)8-6-4-3-5-7-8/h3-9,23,27H,10-11H2,1-2H3,(H,20,22)(H,25,26);3-7H,2H2,1H3. The zero-order valence-corrected chi connectivity index (χ0v) is 24.0. The van der Waals surface area contributed by atoms with Crippen LogP contribution < -0.4 is 14.6 Å². The van der Waals surface area contributed by atoms with Crippen LogP contribution in [-0.4, -0.2) is 66.7 Å². The number of benzene rings is 3. The van der Waals surface area contributed by atoms with Gasteiger partial charge in [0.1, 0.15) is 0 Å². The SMILES string of the molecule is CC(=O)Nc1ccc([As](=O)(O)OO)c(N(C)C(=O)COCc2ccc(O)cc2)c1.CCOC(=O)c1ccccc1. The molecule has 12 nitrogen and oxygen atoms in total. The number of likely N-dealkylation sites (N-methyl/N-ethyl adjacent to an activating group) is 1. The number of ether oxygens (including phenoxy) is 2. The van der Waals surface area contributed by atoms with Crippen LogP contribution in [0, 0.1) is 0 Å². The number of rotatable bonds is 10. The van der Waals surface area contributed by atoms with Crippen molar-refractivity contribution >= 4 is 47.7 Å². The molecule has 0 saturated heterocycles. The molecule has 0 bridgehead atoms. The normalized spacial score (nSPS) is 11.8. The van der Waals surface area contributed by atoms with Crippen LogP contribution in [0.1, 0.15) is 29.8 Å². The smallest absolute Gasteiger partial charge is 0.338 e. The summed E-state index contributed by atoms with van der Waals surface area (Å²) >= 11 is -5.30. The Morgan fingerprint density at radius 3 is 2.23 bits per heavy atom. The molecule has 1 atom stereocenters. The van der Waals surface area contributed by atoms with E-state index in [2.05, 4.69) is 9.19 Å². The molecule has 0 saturated carbocycles. The van der Waals surface area contributed by atoms with Gasteiger partial charge in [0.15, 0.2) is 0 Å². The zero-order chi connectivity index (χ0) is 29.7. The summed E-state index contributed by atoms with van der Waals surface area (Å²) in [7, 11) is 1.36. The van der Waals surface area contributed by atoms with Crippen molar-refractivity contribution in [3.63, 3.8) is 0 Å². The fraction of sp³-hybridized carbons (Fsp3) is 0.222. The van der Waals surface area contributed by atoms with Crippen molar-refractivity contribution in [1.29, 1.82) is 0 Å². The molecular weight excluding hydrogens is 587 g/mol. The maximum absolute atomic E-state index is 12.5. The summed E-state index contributed by atoms with van der Waals surface area (Å²) in [5.74, 6) is -1.06. The van der Waals surface area contributed by atoms with Crippen molar-refractivity contribution in [3.05, 3.63) is 83.9 Å². The number of hydrogen-bond donors (Lipinski definition) is 4. The second-order valence-electron chi connectivity index (χ2n) is 8.19. The van der Waals surface area contributed by atoms with E-state index in [1.165, 1.54) is 44.3 Å². The van der Waals surface area contributed by atoms with Crippen molar-refractivity contribution in [2.75, 3.05) is 30.5 Å². The number of carbonyl (C=O) groups is 3. The third-order valence-corrected chi connectivity index (χ3v) is 7.70. The van der Waals surface area contributed by atoms with Gasteiger partial charge in [-0.2, -0.15) is 0 Å². The van der Waals surface area contributed by atoms with Gasteiger partial charge < -0.3 is 4.74 Å². The minimum absolute atomic E-state index is 0.0199. The summed E-state index contributed by atoms with van der Waals surface area (Å²) in [5.41, 5.74) is 1.61. The molecule has 2 amide bonds.